The SMILES string of the molecule is Oc1cc(O)cc(-c2nn3c(C(F)(F)F)nnc3s2)c1. The lowest BCUT2D eigenvalue weighted by atomic mass is 10.2. The van der Waals surface area contributed by atoms with Crippen molar-refractivity contribution in [2.75, 3.05) is 0 Å². The lowest BCUT2D eigenvalue weighted by Gasteiger charge is -2.01. The summed E-state index contributed by atoms with van der Waals surface area (Å²) < 4.78 is 38.5. The number of alkyl halides is 3. The van der Waals surface area contributed by atoms with E-state index in [1.54, 1.807) is 0 Å². The number of benzene rings is 1. The Morgan fingerprint density at radius 1 is 1.05 bits per heavy atom. The van der Waals surface area contributed by atoms with Crippen molar-refractivity contribution < 1.29 is 23.4 Å². The average molecular weight is 302 g/mol. The topological polar surface area (TPSA) is 83.5 Å². The molecule has 0 amide bonds. The van der Waals surface area contributed by atoms with Crippen molar-refractivity contribution in [2.45, 2.75) is 6.18 Å². The normalized spacial score (nSPS) is 12.2. The van der Waals surface area contributed by atoms with Crippen molar-refractivity contribution in [3.63, 3.8) is 0 Å². The molecule has 0 saturated heterocycles. The van der Waals surface area contributed by atoms with Crippen LogP contribution in [0.15, 0.2) is 18.2 Å². The molecule has 0 fully saturated rings. The maximum atomic E-state index is 12.7. The standard InChI is InChI=1S/C10H5F3N4O2S/c11-10(12,13)8-14-15-9-17(8)16-7(20-9)4-1-5(18)3-6(19)2-4/h1-3,18-19H. The number of hydrogen-bond acceptors (Lipinski definition) is 6. The van der Waals surface area contributed by atoms with Crippen LogP contribution in [0.1, 0.15) is 5.82 Å². The summed E-state index contributed by atoms with van der Waals surface area (Å²) in [5, 5.41) is 29.1. The van der Waals surface area contributed by atoms with E-state index in [1.165, 1.54) is 12.1 Å². The minimum atomic E-state index is -4.66. The fourth-order valence-electron chi connectivity index (χ4n) is 1.63. The van der Waals surface area contributed by atoms with Crippen LogP contribution in [0.25, 0.3) is 15.5 Å². The molecule has 3 aromatic rings. The van der Waals surface area contributed by atoms with Crippen LogP contribution >= 0.6 is 11.3 Å². The molecule has 10 heteroatoms. The van der Waals surface area contributed by atoms with Crippen molar-refractivity contribution in [1.29, 1.82) is 0 Å². The van der Waals surface area contributed by atoms with E-state index in [9.17, 15) is 23.4 Å². The molecule has 104 valence electrons. The Morgan fingerprint density at radius 2 is 1.70 bits per heavy atom. The van der Waals surface area contributed by atoms with E-state index in [4.69, 9.17) is 0 Å². The van der Waals surface area contributed by atoms with Crippen molar-refractivity contribution in [3.8, 4) is 22.1 Å². The van der Waals surface area contributed by atoms with Crippen molar-refractivity contribution in [1.82, 2.24) is 19.8 Å². The van der Waals surface area contributed by atoms with E-state index in [-0.39, 0.29) is 27.0 Å². The summed E-state index contributed by atoms with van der Waals surface area (Å²) in [6.07, 6.45) is -4.66. The lowest BCUT2D eigenvalue weighted by Crippen LogP contribution is -2.11. The highest BCUT2D eigenvalue weighted by Crippen LogP contribution is 2.34. The first-order valence-corrected chi connectivity index (χ1v) is 5.99. The number of aromatic nitrogens is 4. The van der Waals surface area contributed by atoms with Crippen LogP contribution in [0.4, 0.5) is 13.2 Å². The van der Waals surface area contributed by atoms with Gasteiger partial charge in [0.2, 0.25) is 4.96 Å². The molecule has 2 heterocycles. The molecular formula is C10H5F3N4O2S. The van der Waals surface area contributed by atoms with Gasteiger partial charge in [0, 0.05) is 11.6 Å². The second-order valence-electron chi connectivity index (χ2n) is 3.86. The number of nitrogens with zero attached hydrogens (tertiary/aromatic N) is 4. The molecule has 0 aliphatic rings. The van der Waals surface area contributed by atoms with E-state index in [1.807, 2.05) is 0 Å². The van der Waals surface area contributed by atoms with Gasteiger partial charge in [-0.05, 0) is 12.1 Å². The number of aromatic hydroxyl groups is 2. The number of fused-ring (bicyclic) bond motifs is 1. The van der Waals surface area contributed by atoms with Crippen LogP contribution in [0.5, 0.6) is 11.5 Å². The smallest absolute Gasteiger partial charge is 0.453 e. The molecule has 0 atom stereocenters. The average Bonchev–Trinajstić information content (AvgIpc) is 2.83. The van der Waals surface area contributed by atoms with Gasteiger partial charge in [0.15, 0.2) is 0 Å². The molecule has 0 unspecified atom stereocenters. The molecule has 0 saturated carbocycles. The van der Waals surface area contributed by atoms with E-state index < -0.39 is 12.0 Å². The quantitative estimate of drug-likeness (QED) is 0.720. The number of phenolic OH excluding ortho intramolecular Hbond substituents is 2. The molecule has 6 nitrogen and oxygen atoms in total. The molecule has 2 N–H and O–H groups in total. The Labute approximate surface area is 112 Å². The third-order valence-corrected chi connectivity index (χ3v) is 3.34. The lowest BCUT2D eigenvalue weighted by molar-refractivity contribution is -0.146. The van der Waals surface area contributed by atoms with Crippen LogP contribution in [-0.2, 0) is 6.18 Å². The Kier molecular flexibility index (Phi) is 2.57. The van der Waals surface area contributed by atoms with Gasteiger partial charge in [-0.2, -0.15) is 22.8 Å². The number of halogens is 3. The highest BCUT2D eigenvalue weighted by atomic mass is 32.1. The molecule has 0 aliphatic heterocycles. The second kappa shape index (κ2) is 4.07. The Bertz CT molecular complexity index is 775. The summed E-state index contributed by atoms with van der Waals surface area (Å²) in [7, 11) is 0. The van der Waals surface area contributed by atoms with Crippen LogP contribution in [0, 0.1) is 0 Å². The molecule has 0 bridgehead atoms. The van der Waals surface area contributed by atoms with Gasteiger partial charge in [0.05, 0.1) is 0 Å². The van der Waals surface area contributed by atoms with Crippen molar-refractivity contribution >= 4 is 16.3 Å². The van der Waals surface area contributed by atoms with Crippen LogP contribution in [-0.4, -0.2) is 30.0 Å². The van der Waals surface area contributed by atoms with Gasteiger partial charge in [-0.25, -0.2) is 0 Å². The van der Waals surface area contributed by atoms with Crippen LogP contribution < -0.4 is 0 Å². The van der Waals surface area contributed by atoms with Crippen molar-refractivity contribution in [3.05, 3.63) is 24.0 Å². The molecule has 1 aromatic carbocycles. The summed E-state index contributed by atoms with van der Waals surface area (Å²) >= 11 is 0.861. The Hall–Kier alpha value is -2.36. The second-order valence-corrected chi connectivity index (χ2v) is 4.82. The Morgan fingerprint density at radius 3 is 2.30 bits per heavy atom. The summed E-state index contributed by atoms with van der Waals surface area (Å²) in [4.78, 5) is -0.0323. The zero-order valence-electron chi connectivity index (χ0n) is 9.46. The molecule has 0 radical (unpaired) electrons. The van der Waals surface area contributed by atoms with Crippen molar-refractivity contribution in [2.24, 2.45) is 0 Å². The van der Waals surface area contributed by atoms with E-state index >= 15 is 0 Å². The van der Waals surface area contributed by atoms with Crippen LogP contribution in [0.2, 0.25) is 0 Å². The molecule has 3 rings (SSSR count). The minimum Gasteiger partial charge on any atom is -0.508 e. The summed E-state index contributed by atoms with van der Waals surface area (Å²) in [6, 6.07) is 3.66. The zero-order chi connectivity index (χ0) is 14.5. The third kappa shape index (κ3) is 2.03. The van der Waals surface area contributed by atoms with E-state index in [0.717, 1.165) is 17.4 Å². The Balaban J connectivity index is 2.16. The predicted octanol–water partition coefficient (Wildman–Crippen LogP) is 2.28. The predicted molar refractivity (Wildman–Crippen MR) is 62.4 cm³/mol. The molecular weight excluding hydrogens is 297 g/mol. The molecule has 0 aliphatic carbocycles. The fraction of sp³-hybridized carbons (Fsp3) is 0.100. The van der Waals surface area contributed by atoms with E-state index in [2.05, 4.69) is 15.3 Å². The molecule has 0 spiro atoms. The molecule has 2 aromatic heterocycles. The first-order valence-electron chi connectivity index (χ1n) is 5.17. The first kappa shape index (κ1) is 12.7. The summed E-state index contributed by atoms with van der Waals surface area (Å²) in [5.74, 6) is -1.66. The zero-order valence-corrected chi connectivity index (χ0v) is 10.3. The van der Waals surface area contributed by atoms with E-state index in [0.29, 0.717) is 4.52 Å². The maximum absolute atomic E-state index is 12.7. The number of rotatable bonds is 1. The molecule has 20 heavy (non-hydrogen) atoms. The monoisotopic (exact) mass is 302 g/mol. The fourth-order valence-corrected chi connectivity index (χ4v) is 2.46. The maximum Gasteiger partial charge on any atom is 0.453 e. The van der Waals surface area contributed by atoms with Gasteiger partial charge in [0.25, 0.3) is 5.82 Å². The summed E-state index contributed by atoms with van der Waals surface area (Å²) in [6.45, 7) is 0. The summed E-state index contributed by atoms with van der Waals surface area (Å²) in [5.41, 5.74) is 0.283. The van der Waals surface area contributed by atoms with Gasteiger partial charge < -0.3 is 10.2 Å². The van der Waals surface area contributed by atoms with Gasteiger partial charge in [-0.3, -0.25) is 0 Å². The van der Waals surface area contributed by atoms with Crippen LogP contribution in [0.3, 0.4) is 0 Å². The highest BCUT2D eigenvalue weighted by molar-refractivity contribution is 7.19. The minimum absolute atomic E-state index is 0.0323. The van der Waals surface area contributed by atoms with Gasteiger partial charge in [-0.1, -0.05) is 11.3 Å². The first-order chi connectivity index (χ1) is 9.34. The number of phenols is 2. The van der Waals surface area contributed by atoms with Gasteiger partial charge in [0.1, 0.15) is 16.5 Å². The third-order valence-electron chi connectivity index (χ3n) is 2.39. The highest BCUT2D eigenvalue weighted by Gasteiger charge is 2.38. The number of hydrogen-bond donors (Lipinski definition) is 2. The van der Waals surface area contributed by atoms with Gasteiger partial charge >= 0.3 is 6.18 Å². The van der Waals surface area contributed by atoms with Gasteiger partial charge in [-0.15, -0.1) is 10.2 Å². The largest absolute Gasteiger partial charge is 0.508 e.